The molecule has 17 heavy (non-hydrogen) atoms. The van der Waals surface area contributed by atoms with Crippen LogP contribution in [0.4, 0.5) is 0 Å². The number of aliphatic hydroxyl groups is 1. The summed E-state index contributed by atoms with van der Waals surface area (Å²) in [6.07, 6.45) is 0. The smallest absolute Gasteiger partial charge is 0.0718 e. The molecule has 0 radical (unpaired) electrons. The van der Waals surface area contributed by atoms with Gasteiger partial charge in [-0.15, -0.1) is 0 Å². The molecule has 0 aliphatic carbocycles. The lowest BCUT2D eigenvalue weighted by Crippen LogP contribution is -2.04. The van der Waals surface area contributed by atoms with Gasteiger partial charge in [0.1, 0.15) is 0 Å². The minimum atomic E-state index is 0.0492. The van der Waals surface area contributed by atoms with Crippen LogP contribution in [0.1, 0.15) is 22.5 Å². The molecule has 0 amide bonds. The van der Waals surface area contributed by atoms with Gasteiger partial charge in [-0.3, -0.25) is 4.68 Å². The summed E-state index contributed by atoms with van der Waals surface area (Å²) >= 11 is 3.53. The second-order valence-electron chi connectivity index (χ2n) is 4.06. The van der Waals surface area contributed by atoms with Gasteiger partial charge in [0.25, 0.3) is 0 Å². The van der Waals surface area contributed by atoms with Crippen LogP contribution in [0.3, 0.4) is 0 Å². The third-order valence-electron chi connectivity index (χ3n) is 2.97. The van der Waals surface area contributed by atoms with E-state index in [1.165, 1.54) is 5.56 Å². The third kappa shape index (κ3) is 2.42. The van der Waals surface area contributed by atoms with Crippen molar-refractivity contribution in [3.8, 4) is 0 Å². The van der Waals surface area contributed by atoms with Crippen LogP contribution in [0.25, 0.3) is 0 Å². The van der Waals surface area contributed by atoms with E-state index in [-0.39, 0.29) is 6.61 Å². The Morgan fingerprint density at radius 2 is 2.00 bits per heavy atom. The molecule has 0 saturated heterocycles. The van der Waals surface area contributed by atoms with Crippen LogP contribution < -0.4 is 0 Å². The van der Waals surface area contributed by atoms with Gasteiger partial charge in [0, 0.05) is 15.7 Å². The Hall–Kier alpha value is -1.13. The first-order chi connectivity index (χ1) is 8.13. The Kier molecular flexibility index (Phi) is 3.64. The van der Waals surface area contributed by atoms with Gasteiger partial charge >= 0.3 is 0 Å². The Morgan fingerprint density at radius 3 is 2.59 bits per heavy atom. The van der Waals surface area contributed by atoms with E-state index in [1.54, 1.807) is 0 Å². The first-order valence-electron chi connectivity index (χ1n) is 5.50. The van der Waals surface area contributed by atoms with Gasteiger partial charge in [-0.2, -0.15) is 5.10 Å². The van der Waals surface area contributed by atoms with E-state index in [0.29, 0.717) is 6.54 Å². The number of aromatic nitrogens is 2. The number of halogens is 1. The molecule has 2 rings (SSSR count). The highest BCUT2D eigenvalue weighted by molar-refractivity contribution is 9.10. The fourth-order valence-electron chi connectivity index (χ4n) is 1.90. The molecule has 1 N–H and O–H groups in total. The van der Waals surface area contributed by atoms with Gasteiger partial charge in [-0.05, 0) is 25.5 Å². The van der Waals surface area contributed by atoms with E-state index in [9.17, 15) is 5.11 Å². The largest absolute Gasteiger partial charge is 0.392 e. The highest BCUT2D eigenvalue weighted by Gasteiger charge is 2.11. The molecule has 3 nitrogen and oxygen atoms in total. The number of nitrogens with zero attached hydrogens (tertiary/aromatic N) is 2. The minimum absolute atomic E-state index is 0.0492. The topological polar surface area (TPSA) is 38.0 Å². The van der Waals surface area contributed by atoms with Gasteiger partial charge in [0.05, 0.1) is 18.8 Å². The molecule has 0 fully saturated rings. The minimum Gasteiger partial charge on any atom is -0.392 e. The van der Waals surface area contributed by atoms with Gasteiger partial charge in [0.2, 0.25) is 0 Å². The Labute approximate surface area is 109 Å². The second-order valence-corrected chi connectivity index (χ2v) is 4.91. The van der Waals surface area contributed by atoms with Crippen molar-refractivity contribution in [2.24, 2.45) is 0 Å². The Balaban J connectivity index is 2.34. The maximum Gasteiger partial charge on any atom is 0.0718 e. The number of hydrogen-bond donors (Lipinski definition) is 1. The molecular weight excluding hydrogens is 280 g/mol. The molecular formula is C13H15BrN2O. The SMILES string of the molecule is Cc1nn(Cc2ccccc2Br)c(C)c1CO. The normalized spacial score (nSPS) is 10.8. The molecule has 0 bridgehead atoms. The van der Waals surface area contributed by atoms with Crippen molar-refractivity contribution < 1.29 is 5.11 Å². The molecule has 0 aliphatic rings. The predicted octanol–water partition coefficient (Wildman–Crippen LogP) is 2.80. The van der Waals surface area contributed by atoms with E-state index in [0.717, 1.165) is 21.4 Å². The van der Waals surface area contributed by atoms with Crippen LogP contribution in [0.5, 0.6) is 0 Å². The molecule has 90 valence electrons. The molecule has 0 saturated carbocycles. The Bertz CT molecular complexity index is 534. The van der Waals surface area contributed by atoms with Crippen molar-refractivity contribution in [2.45, 2.75) is 27.0 Å². The average Bonchev–Trinajstić information content (AvgIpc) is 2.57. The number of aliphatic hydroxyl groups excluding tert-OH is 1. The van der Waals surface area contributed by atoms with Crippen LogP contribution in [-0.2, 0) is 13.2 Å². The summed E-state index contributed by atoms with van der Waals surface area (Å²) in [4.78, 5) is 0. The summed E-state index contributed by atoms with van der Waals surface area (Å²) in [5.74, 6) is 0. The average molecular weight is 295 g/mol. The Morgan fingerprint density at radius 1 is 1.29 bits per heavy atom. The fraction of sp³-hybridized carbons (Fsp3) is 0.308. The van der Waals surface area contributed by atoms with Crippen molar-refractivity contribution in [1.29, 1.82) is 0 Å². The number of rotatable bonds is 3. The lowest BCUT2D eigenvalue weighted by atomic mass is 10.2. The molecule has 0 atom stereocenters. The van der Waals surface area contributed by atoms with Crippen LogP contribution in [-0.4, -0.2) is 14.9 Å². The van der Waals surface area contributed by atoms with Crippen molar-refractivity contribution in [3.05, 3.63) is 51.3 Å². The van der Waals surface area contributed by atoms with E-state index < -0.39 is 0 Å². The maximum atomic E-state index is 9.27. The molecule has 2 aromatic rings. The number of hydrogen-bond acceptors (Lipinski definition) is 2. The molecule has 0 spiro atoms. The van der Waals surface area contributed by atoms with E-state index in [2.05, 4.69) is 27.1 Å². The van der Waals surface area contributed by atoms with Crippen LogP contribution in [0, 0.1) is 13.8 Å². The molecule has 0 unspecified atom stereocenters. The maximum absolute atomic E-state index is 9.27. The standard InChI is InChI=1S/C13H15BrN2O/c1-9-12(8-17)10(2)16(15-9)7-11-5-3-4-6-13(11)14/h3-6,17H,7-8H2,1-2H3. The highest BCUT2D eigenvalue weighted by atomic mass is 79.9. The zero-order valence-electron chi connectivity index (χ0n) is 9.94. The van der Waals surface area contributed by atoms with E-state index >= 15 is 0 Å². The molecule has 0 aliphatic heterocycles. The molecule has 1 heterocycles. The number of benzene rings is 1. The monoisotopic (exact) mass is 294 g/mol. The van der Waals surface area contributed by atoms with Crippen LogP contribution in [0.2, 0.25) is 0 Å². The highest BCUT2D eigenvalue weighted by Crippen LogP contribution is 2.19. The van der Waals surface area contributed by atoms with Gasteiger partial charge in [-0.1, -0.05) is 34.1 Å². The second kappa shape index (κ2) is 5.02. The van der Waals surface area contributed by atoms with Gasteiger partial charge in [-0.25, -0.2) is 0 Å². The molecule has 4 heteroatoms. The summed E-state index contributed by atoms with van der Waals surface area (Å²) in [6, 6.07) is 8.10. The first-order valence-corrected chi connectivity index (χ1v) is 6.30. The zero-order chi connectivity index (χ0) is 12.4. The van der Waals surface area contributed by atoms with Crippen molar-refractivity contribution >= 4 is 15.9 Å². The van der Waals surface area contributed by atoms with Gasteiger partial charge in [0.15, 0.2) is 0 Å². The number of aryl methyl sites for hydroxylation is 1. The van der Waals surface area contributed by atoms with Crippen LogP contribution in [0.15, 0.2) is 28.7 Å². The van der Waals surface area contributed by atoms with Gasteiger partial charge < -0.3 is 5.11 Å². The summed E-state index contributed by atoms with van der Waals surface area (Å²) < 4.78 is 3.01. The van der Waals surface area contributed by atoms with Crippen molar-refractivity contribution in [1.82, 2.24) is 9.78 Å². The first kappa shape index (κ1) is 12.3. The van der Waals surface area contributed by atoms with E-state index in [4.69, 9.17) is 0 Å². The summed E-state index contributed by atoms with van der Waals surface area (Å²) in [5, 5.41) is 13.7. The van der Waals surface area contributed by atoms with Crippen LogP contribution >= 0.6 is 15.9 Å². The molecule has 1 aromatic heterocycles. The van der Waals surface area contributed by atoms with Crippen molar-refractivity contribution in [2.75, 3.05) is 0 Å². The summed E-state index contributed by atoms with van der Waals surface area (Å²) in [5.41, 5.74) is 4.04. The lowest BCUT2D eigenvalue weighted by molar-refractivity contribution is 0.280. The zero-order valence-corrected chi connectivity index (χ0v) is 11.5. The summed E-state index contributed by atoms with van der Waals surface area (Å²) in [7, 11) is 0. The summed E-state index contributed by atoms with van der Waals surface area (Å²) in [6.45, 7) is 4.68. The predicted molar refractivity (Wildman–Crippen MR) is 70.9 cm³/mol. The van der Waals surface area contributed by atoms with E-state index in [1.807, 2.05) is 36.7 Å². The fourth-order valence-corrected chi connectivity index (χ4v) is 2.31. The lowest BCUT2D eigenvalue weighted by Gasteiger charge is -2.07. The van der Waals surface area contributed by atoms with Crippen molar-refractivity contribution in [3.63, 3.8) is 0 Å². The quantitative estimate of drug-likeness (QED) is 0.945. The molecule has 1 aromatic carbocycles. The third-order valence-corrected chi connectivity index (χ3v) is 3.74.